The predicted octanol–water partition coefficient (Wildman–Crippen LogP) is 4.56. The second kappa shape index (κ2) is 7.12. The van der Waals surface area contributed by atoms with Crippen LogP contribution in [0.1, 0.15) is 18.4 Å². The maximum atomic E-state index is 13.7. The van der Waals surface area contributed by atoms with Gasteiger partial charge in [0.2, 0.25) is 0 Å². The minimum Gasteiger partial charge on any atom is -0.381 e. The van der Waals surface area contributed by atoms with Crippen LogP contribution in [-0.4, -0.2) is 24.0 Å². The average Bonchev–Trinajstić information content (AvgIpc) is 2.54. The lowest BCUT2D eigenvalue weighted by Crippen LogP contribution is -2.38. The van der Waals surface area contributed by atoms with Crippen molar-refractivity contribution < 1.29 is 4.39 Å². The van der Waals surface area contributed by atoms with E-state index in [4.69, 9.17) is 11.6 Å². The molecule has 0 saturated carbocycles. The smallest absolute Gasteiger partial charge is 0.127 e. The van der Waals surface area contributed by atoms with Crippen molar-refractivity contribution in [2.45, 2.75) is 25.4 Å². The van der Waals surface area contributed by atoms with Crippen molar-refractivity contribution in [3.8, 4) is 0 Å². The molecule has 0 aliphatic carbocycles. The Bertz CT molecular complexity index is 568. The Hall–Kier alpha value is -1.58. The summed E-state index contributed by atoms with van der Waals surface area (Å²) in [4.78, 5) is 2.31. The Morgan fingerprint density at radius 1 is 1.05 bits per heavy atom. The van der Waals surface area contributed by atoms with Gasteiger partial charge in [-0.3, -0.25) is 4.90 Å². The van der Waals surface area contributed by atoms with Crippen LogP contribution in [0.3, 0.4) is 0 Å². The number of benzene rings is 2. The number of piperidine rings is 1. The summed E-state index contributed by atoms with van der Waals surface area (Å²) in [5.74, 6) is -0.112. The van der Waals surface area contributed by atoms with Crippen LogP contribution in [-0.2, 0) is 6.54 Å². The number of likely N-dealkylation sites (tertiary alicyclic amines) is 1. The minimum atomic E-state index is -0.112. The Labute approximate surface area is 135 Å². The van der Waals surface area contributed by atoms with E-state index in [1.54, 1.807) is 6.07 Å². The molecule has 1 fully saturated rings. The molecule has 116 valence electrons. The molecule has 2 aromatic carbocycles. The number of nitrogens with one attached hydrogen (secondary N) is 1. The molecular formula is C18H20ClFN2. The van der Waals surface area contributed by atoms with Crippen LogP contribution in [0.25, 0.3) is 0 Å². The van der Waals surface area contributed by atoms with Crippen LogP contribution in [0.5, 0.6) is 0 Å². The van der Waals surface area contributed by atoms with Crippen LogP contribution in [0.2, 0.25) is 5.02 Å². The minimum absolute atomic E-state index is 0.112. The molecule has 0 unspecified atom stereocenters. The van der Waals surface area contributed by atoms with E-state index in [1.807, 2.05) is 36.4 Å². The van der Waals surface area contributed by atoms with E-state index in [0.717, 1.165) is 42.2 Å². The molecule has 2 nitrogen and oxygen atoms in total. The molecule has 1 saturated heterocycles. The van der Waals surface area contributed by atoms with Crippen LogP contribution >= 0.6 is 11.6 Å². The summed E-state index contributed by atoms with van der Waals surface area (Å²) in [6.07, 6.45) is 2.08. The van der Waals surface area contributed by atoms with E-state index in [0.29, 0.717) is 12.6 Å². The van der Waals surface area contributed by atoms with E-state index in [1.165, 1.54) is 6.07 Å². The van der Waals surface area contributed by atoms with Crippen molar-refractivity contribution in [1.82, 2.24) is 4.90 Å². The van der Waals surface area contributed by atoms with Gasteiger partial charge in [0.05, 0.1) is 10.7 Å². The Morgan fingerprint density at radius 2 is 1.73 bits per heavy atom. The van der Waals surface area contributed by atoms with Crippen LogP contribution in [0, 0.1) is 5.82 Å². The van der Waals surface area contributed by atoms with Crippen LogP contribution in [0.4, 0.5) is 10.1 Å². The predicted molar refractivity (Wildman–Crippen MR) is 89.8 cm³/mol. The summed E-state index contributed by atoms with van der Waals surface area (Å²) in [7, 11) is 0. The van der Waals surface area contributed by atoms with Crippen LogP contribution < -0.4 is 5.32 Å². The quantitative estimate of drug-likeness (QED) is 0.889. The first-order valence-electron chi connectivity index (χ1n) is 7.69. The zero-order chi connectivity index (χ0) is 15.4. The third-order valence-corrected chi connectivity index (χ3v) is 4.50. The van der Waals surface area contributed by atoms with Crippen molar-refractivity contribution in [3.05, 3.63) is 64.9 Å². The summed E-state index contributed by atoms with van der Waals surface area (Å²) in [6, 6.07) is 15.3. The molecule has 0 bridgehead atoms. The number of hydrogen-bond acceptors (Lipinski definition) is 2. The molecule has 0 spiro atoms. The number of nitrogens with zero attached hydrogens (tertiary/aromatic N) is 1. The van der Waals surface area contributed by atoms with Gasteiger partial charge in [-0.25, -0.2) is 4.39 Å². The summed E-state index contributed by atoms with van der Waals surface area (Å²) in [6.45, 7) is 2.62. The fourth-order valence-corrected chi connectivity index (χ4v) is 3.09. The Kier molecular flexibility index (Phi) is 4.96. The van der Waals surface area contributed by atoms with E-state index in [-0.39, 0.29) is 5.82 Å². The second-order valence-electron chi connectivity index (χ2n) is 5.77. The van der Waals surface area contributed by atoms with E-state index < -0.39 is 0 Å². The van der Waals surface area contributed by atoms with Gasteiger partial charge < -0.3 is 5.32 Å². The highest BCUT2D eigenvalue weighted by Gasteiger charge is 2.20. The number of para-hydroxylation sites is 1. The lowest BCUT2D eigenvalue weighted by atomic mass is 10.0. The molecule has 1 N–H and O–H groups in total. The SMILES string of the molecule is Fc1ccccc1CN1CCC(Nc2ccccc2Cl)CC1. The monoisotopic (exact) mass is 318 g/mol. The second-order valence-corrected chi connectivity index (χ2v) is 6.17. The molecule has 0 radical (unpaired) electrons. The average molecular weight is 319 g/mol. The first-order chi connectivity index (χ1) is 10.7. The van der Waals surface area contributed by atoms with E-state index >= 15 is 0 Å². The lowest BCUT2D eigenvalue weighted by Gasteiger charge is -2.33. The van der Waals surface area contributed by atoms with Gasteiger partial charge in [0.1, 0.15) is 5.82 Å². The fourth-order valence-electron chi connectivity index (χ4n) is 2.90. The van der Waals surface area contributed by atoms with Crippen molar-refractivity contribution in [3.63, 3.8) is 0 Å². The van der Waals surface area contributed by atoms with Gasteiger partial charge in [0.15, 0.2) is 0 Å². The third-order valence-electron chi connectivity index (χ3n) is 4.17. The molecule has 0 aromatic heterocycles. The molecule has 0 atom stereocenters. The number of halogens is 2. The van der Waals surface area contributed by atoms with Crippen molar-refractivity contribution in [2.24, 2.45) is 0 Å². The van der Waals surface area contributed by atoms with Gasteiger partial charge in [-0.15, -0.1) is 0 Å². The molecule has 2 aromatic rings. The third kappa shape index (κ3) is 3.79. The maximum absolute atomic E-state index is 13.7. The summed E-state index contributed by atoms with van der Waals surface area (Å²) in [5.41, 5.74) is 1.77. The normalized spacial score (nSPS) is 16.6. The summed E-state index contributed by atoms with van der Waals surface area (Å²) < 4.78 is 13.7. The zero-order valence-electron chi connectivity index (χ0n) is 12.4. The summed E-state index contributed by atoms with van der Waals surface area (Å²) in [5, 5.41) is 4.27. The van der Waals surface area contributed by atoms with E-state index in [2.05, 4.69) is 10.2 Å². The van der Waals surface area contributed by atoms with E-state index in [9.17, 15) is 4.39 Å². The summed E-state index contributed by atoms with van der Waals surface area (Å²) >= 11 is 6.18. The van der Waals surface area contributed by atoms with Crippen molar-refractivity contribution in [1.29, 1.82) is 0 Å². The highest BCUT2D eigenvalue weighted by atomic mass is 35.5. The number of hydrogen-bond donors (Lipinski definition) is 1. The fraction of sp³-hybridized carbons (Fsp3) is 0.333. The van der Waals surface area contributed by atoms with Crippen LogP contribution in [0.15, 0.2) is 48.5 Å². The van der Waals surface area contributed by atoms with Crippen molar-refractivity contribution >= 4 is 17.3 Å². The molecule has 4 heteroatoms. The standard InChI is InChI=1S/C18H20ClFN2/c19-16-6-2-4-8-18(16)21-15-9-11-22(12-10-15)13-14-5-1-3-7-17(14)20/h1-8,15,21H,9-13H2. The van der Waals surface area contributed by atoms with Gasteiger partial charge in [-0.2, -0.15) is 0 Å². The Morgan fingerprint density at radius 3 is 2.45 bits per heavy atom. The highest BCUT2D eigenvalue weighted by molar-refractivity contribution is 6.33. The molecular weight excluding hydrogens is 299 g/mol. The molecule has 3 rings (SSSR count). The molecule has 22 heavy (non-hydrogen) atoms. The van der Waals surface area contributed by atoms with Gasteiger partial charge in [0.25, 0.3) is 0 Å². The molecule has 1 heterocycles. The highest BCUT2D eigenvalue weighted by Crippen LogP contribution is 2.24. The maximum Gasteiger partial charge on any atom is 0.127 e. The zero-order valence-corrected chi connectivity index (χ0v) is 13.2. The van der Waals surface area contributed by atoms with Gasteiger partial charge in [0, 0.05) is 31.2 Å². The molecule has 1 aliphatic rings. The van der Waals surface area contributed by atoms with Gasteiger partial charge >= 0.3 is 0 Å². The van der Waals surface area contributed by atoms with Gasteiger partial charge in [-0.1, -0.05) is 41.9 Å². The number of rotatable bonds is 4. The molecule has 1 aliphatic heterocycles. The lowest BCUT2D eigenvalue weighted by molar-refractivity contribution is 0.209. The first kappa shape index (κ1) is 15.3. The largest absolute Gasteiger partial charge is 0.381 e. The Balaban J connectivity index is 1.52. The first-order valence-corrected chi connectivity index (χ1v) is 8.07. The molecule has 0 amide bonds. The number of anilines is 1. The van der Waals surface area contributed by atoms with Gasteiger partial charge in [-0.05, 0) is 31.0 Å². The van der Waals surface area contributed by atoms with Crippen molar-refractivity contribution in [2.75, 3.05) is 18.4 Å². The topological polar surface area (TPSA) is 15.3 Å².